The molecule has 4 aromatic carbocycles. The Morgan fingerprint density at radius 2 is 0.762 bits per heavy atom. The van der Waals surface area contributed by atoms with Crippen molar-refractivity contribution in [2.75, 3.05) is 6.61 Å². The van der Waals surface area contributed by atoms with Crippen molar-refractivity contribution < 1.29 is 19.2 Å². The molecular formula is C70H78N2O4S4. The highest BCUT2D eigenvalue weighted by atomic mass is 32.1. The van der Waals surface area contributed by atoms with Gasteiger partial charge in [-0.15, -0.1) is 45.3 Å². The quantitative estimate of drug-likeness (QED) is 0.0279. The molecule has 10 rings (SSSR count). The second-order valence-electron chi connectivity index (χ2n) is 21.3. The van der Waals surface area contributed by atoms with E-state index in [4.69, 9.17) is 9.57 Å². The van der Waals surface area contributed by atoms with E-state index < -0.39 is 5.97 Å². The third kappa shape index (κ3) is 14.6. The molecule has 0 bridgehead atoms. The molecule has 0 unspecified atom stereocenters. The van der Waals surface area contributed by atoms with Gasteiger partial charge in [0.15, 0.2) is 0 Å². The second-order valence-corrected chi connectivity index (χ2v) is 25.7. The molecule has 0 N–H and O–H groups in total. The number of aromatic nitrogens is 2. The molecule has 0 atom stereocenters. The molecule has 6 heterocycles. The van der Waals surface area contributed by atoms with Gasteiger partial charge in [-0.2, -0.15) is 4.73 Å². The van der Waals surface area contributed by atoms with Crippen LogP contribution in [0.5, 0.6) is 0 Å². The molecule has 6 aromatic heterocycles. The molecule has 6 nitrogen and oxygen atoms in total. The summed E-state index contributed by atoms with van der Waals surface area (Å²) in [4.78, 5) is 39.9. The molecular weight excluding hydrogens is 1060 g/mol. The molecule has 0 saturated carbocycles. The van der Waals surface area contributed by atoms with Crippen LogP contribution in [0.15, 0.2) is 158 Å². The van der Waals surface area contributed by atoms with Crippen molar-refractivity contribution in [2.24, 2.45) is 0 Å². The van der Waals surface area contributed by atoms with E-state index in [9.17, 15) is 9.59 Å². The Bertz CT molecular complexity index is 3680. The predicted octanol–water partition coefficient (Wildman–Crippen LogP) is 22.2. The number of benzene rings is 4. The van der Waals surface area contributed by atoms with Gasteiger partial charge in [0.25, 0.3) is 0 Å². The number of unbranched alkanes of at least 4 members (excludes halogenated alkanes) is 16. The highest BCUT2D eigenvalue weighted by molar-refractivity contribution is 7.29. The Kier molecular flexibility index (Phi) is 21.1. The Morgan fingerprint density at radius 3 is 1.25 bits per heavy atom. The Morgan fingerprint density at radius 1 is 0.400 bits per heavy atom. The molecule has 0 aliphatic carbocycles. The molecule has 0 spiro atoms. The average molecular weight is 1140 g/mol. The zero-order valence-corrected chi connectivity index (χ0v) is 50.7. The van der Waals surface area contributed by atoms with Crippen LogP contribution in [0.1, 0.15) is 143 Å². The summed E-state index contributed by atoms with van der Waals surface area (Å²) < 4.78 is 9.36. The maximum Gasteiger partial charge on any atom is 0.358 e. The van der Waals surface area contributed by atoms with E-state index >= 15 is 0 Å². The summed E-state index contributed by atoms with van der Waals surface area (Å²) in [6.07, 6.45) is 23.6. The van der Waals surface area contributed by atoms with Crippen molar-refractivity contribution in [3.8, 4) is 50.1 Å². The molecule has 0 aliphatic heterocycles. The lowest BCUT2D eigenvalue weighted by Crippen LogP contribution is -2.19. The van der Waals surface area contributed by atoms with Crippen molar-refractivity contribution in [2.45, 2.75) is 150 Å². The minimum absolute atomic E-state index is 0.281. The third-order valence-electron chi connectivity index (χ3n) is 15.0. The zero-order chi connectivity index (χ0) is 55.8. The SMILES string of the molecule is C=C(C)C(=O)OCCCCCCCCCCCn1c2ccccc2c2cc(-c3ccc(-c4ccc(-c5ccc(-c6ccc(-c7ccc8c(c7)c7ccccc7n8OC(=O)C(=C)C)s6)s5)s4)s3)ccc21.CCCCCCCCCCC. The summed E-state index contributed by atoms with van der Waals surface area (Å²) in [5, 5.41) is 4.72. The number of esters is 1. The standard InChI is InChI=1S/C59H54N2O4S4.C11H24/c1-38(2)58(62)64-35-17-11-9-7-5-6-8-10-16-34-60-46-20-14-12-18-42(46)44-36-40(22-24-47(44)60)50-26-28-52(66-50)54-30-32-56(68-54)57-33-31-55(69-57)53-29-27-51(67-53)41-23-25-49-45(37-41)43-19-13-15-21-48(43)61(49)65-59(63)39(3)4;1-3-5-7-9-11-10-8-6-4-2/h12-15,18-33,36-37H,1,3,5-11,16-17,34-35H2,2,4H3;3-11H2,1-2H3. The monoisotopic (exact) mass is 1140 g/mol. The fourth-order valence-electron chi connectivity index (χ4n) is 10.5. The molecule has 10 heteroatoms. The Hall–Kier alpha value is -6.30. The molecule has 10 aromatic rings. The van der Waals surface area contributed by atoms with E-state index in [0.717, 1.165) is 46.8 Å². The highest BCUT2D eigenvalue weighted by Crippen LogP contribution is 2.46. The van der Waals surface area contributed by atoms with Gasteiger partial charge in [0.1, 0.15) is 0 Å². The van der Waals surface area contributed by atoms with Gasteiger partial charge in [0, 0.05) is 89.3 Å². The zero-order valence-electron chi connectivity index (χ0n) is 47.4. The van der Waals surface area contributed by atoms with Crippen molar-refractivity contribution in [1.29, 1.82) is 0 Å². The number of rotatable bonds is 28. The summed E-state index contributed by atoms with van der Waals surface area (Å²) in [5.74, 6) is -0.728. The first kappa shape index (κ1) is 58.4. The average Bonchev–Trinajstić information content (AvgIpc) is 4.51. The number of carbonyl (C=O) groups excluding carboxylic acids is 2. The summed E-state index contributed by atoms with van der Waals surface area (Å²) >= 11 is 7.37. The van der Waals surface area contributed by atoms with Crippen LogP contribution < -0.4 is 4.84 Å². The van der Waals surface area contributed by atoms with E-state index in [1.54, 1.807) is 29.9 Å². The van der Waals surface area contributed by atoms with Crippen molar-refractivity contribution in [3.63, 3.8) is 0 Å². The van der Waals surface area contributed by atoms with Gasteiger partial charge in [-0.05, 0) is 123 Å². The molecule has 0 fully saturated rings. The lowest BCUT2D eigenvalue weighted by Gasteiger charge is -2.08. The summed E-state index contributed by atoms with van der Waals surface area (Å²) in [5.41, 5.74) is 7.54. The van der Waals surface area contributed by atoms with Crippen molar-refractivity contribution >= 4 is 101 Å². The number of carbonyl (C=O) groups is 2. The molecule has 80 heavy (non-hydrogen) atoms. The van der Waals surface area contributed by atoms with Gasteiger partial charge in [-0.25, -0.2) is 9.59 Å². The number of hydrogen-bond acceptors (Lipinski definition) is 8. The summed E-state index contributed by atoms with van der Waals surface area (Å²) in [7, 11) is 0. The van der Waals surface area contributed by atoms with Gasteiger partial charge >= 0.3 is 11.9 Å². The molecule has 0 aliphatic rings. The van der Waals surface area contributed by atoms with Crippen LogP contribution in [0, 0.1) is 0 Å². The topological polar surface area (TPSA) is 62.5 Å². The number of nitrogens with zero attached hydrogens (tertiary/aromatic N) is 2. The minimum atomic E-state index is -0.448. The van der Waals surface area contributed by atoms with Crippen LogP contribution in [0.4, 0.5) is 0 Å². The lowest BCUT2D eigenvalue weighted by molar-refractivity contribution is -0.139. The minimum Gasteiger partial charge on any atom is -0.462 e. The fraction of sp³-hybridized carbons (Fsp3) is 0.343. The molecule has 0 amide bonds. The van der Waals surface area contributed by atoms with Gasteiger partial charge in [0.2, 0.25) is 0 Å². The Balaban J connectivity index is 0.000000637. The van der Waals surface area contributed by atoms with Crippen LogP contribution >= 0.6 is 45.3 Å². The Labute approximate surface area is 490 Å². The van der Waals surface area contributed by atoms with Crippen molar-refractivity contribution in [3.05, 3.63) is 158 Å². The number of thiophene rings is 4. The van der Waals surface area contributed by atoms with Crippen LogP contribution in [-0.2, 0) is 20.9 Å². The number of hydrogen-bond donors (Lipinski definition) is 0. The van der Waals surface area contributed by atoms with E-state index in [1.165, 1.54) is 169 Å². The van der Waals surface area contributed by atoms with Gasteiger partial charge in [0.05, 0.1) is 17.6 Å². The van der Waals surface area contributed by atoms with E-state index in [0.29, 0.717) is 17.8 Å². The maximum absolute atomic E-state index is 12.5. The van der Waals surface area contributed by atoms with Crippen molar-refractivity contribution in [1.82, 2.24) is 9.30 Å². The van der Waals surface area contributed by atoms with Gasteiger partial charge in [-0.3, -0.25) is 0 Å². The number of para-hydroxylation sites is 2. The van der Waals surface area contributed by atoms with Gasteiger partial charge in [-0.1, -0.05) is 178 Å². The second kappa shape index (κ2) is 28.9. The first-order valence-corrected chi connectivity index (χ1v) is 32.5. The number of ether oxygens (including phenoxy) is 1. The molecule has 0 radical (unpaired) electrons. The van der Waals surface area contributed by atoms with Crippen LogP contribution in [-0.4, -0.2) is 27.8 Å². The van der Waals surface area contributed by atoms with E-state index in [2.05, 4.69) is 141 Å². The predicted molar refractivity (Wildman–Crippen MR) is 348 cm³/mol. The van der Waals surface area contributed by atoms with Crippen LogP contribution in [0.3, 0.4) is 0 Å². The first-order chi connectivity index (χ1) is 39.1. The lowest BCUT2D eigenvalue weighted by atomic mass is 10.1. The summed E-state index contributed by atoms with van der Waals surface area (Å²) in [6.45, 7) is 16.8. The number of fused-ring (bicyclic) bond motifs is 6. The van der Waals surface area contributed by atoms with Gasteiger partial charge < -0.3 is 14.1 Å². The fourth-order valence-corrected chi connectivity index (χ4v) is 14.8. The molecule has 416 valence electrons. The van der Waals surface area contributed by atoms with Crippen LogP contribution in [0.2, 0.25) is 0 Å². The normalized spacial score (nSPS) is 11.4. The summed E-state index contributed by atoms with van der Waals surface area (Å²) in [6, 6.07) is 48.3. The third-order valence-corrected chi connectivity index (χ3v) is 20.0. The smallest absolute Gasteiger partial charge is 0.358 e. The van der Waals surface area contributed by atoms with Crippen LogP contribution in [0.25, 0.3) is 93.8 Å². The highest BCUT2D eigenvalue weighted by Gasteiger charge is 2.19. The molecule has 0 saturated heterocycles. The number of aryl methyl sites for hydroxylation is 1. The first-order valence-electron chi connectivity index (χ1n) is 29.3. The van der Waals surface area contributed by atoms with E-state index in [1.807, 2.05) is 58.3 Å². The largest absolute Gasteiger partial charge is 0.462 e. The maximum atomic E-state index is 12.5. The van der Waals surface area contributed by atoms with E-state index in [-0.39, 0.29) is 5.97 Å².